The SMILES string of the molecule is CCc1nccc(-c2cccc(C(F)(F)F)c2)n1. The highest BCUT2D eigenvalue weighted by Gasteiger charge is 2.30. The van der Waals surface area contributed by atoms with Gasteiger partial charge in [0.15, 0.2) is 0 Å². The van der Waals surface area contributed by atoms with Crippen molar-refractivity contribution in [1.29, 1.82) is 0 Å². The fourth-order valence-corrected chi connectivity index (χ4v) is 1.59. The third-order valence-electron chi connectivity index (χ3n) is 2.51. The number of hydrogen-bond acceptors (Lipinski definition) is 2. The van der Waals surface area contributed by atoms with Crippen LogP contribution in [0.1, 0.15) is 18.3 Å². The summed E-state index contributed by atoms with van der Waals surface area (Å²) in [6.45, 7) is 1.89. The molecule has 0 N–H and O–H groups in total. The number of aryl methyl sites for hydroxylation is 1. The molecule has 0 amide bonds. The maximum Gasteiger partial charge on any atom is 0.416 e. The van der Waals surface area contributed by atoms with Gasteiger partial charge in [-0.25, -0.2) is 9.97 Å². The Labute approximate surface area is 103 Å². The van der Waals surface area contributed by atoms with Gasteiger partial charge in [-0.2, -0.15) is 13.2 Å². The average molecular weight is 252 g/mol. The maximum atomic E-state index is 12.6. The van der Waals surface area contributed by atoms with Gasteiger partial charge in [-0.05, 0) is 18.2 Å². The van der Waals surface area contributed by atoms with E-state index in [1.165, 1.54) is 6.07 Å². The van der Waals surface area contributed by atoms with Crippen LogP contribution in [0.4, 0.5) is 13.2 Å². The minimum Gasteiger partial charge on any atom is -0.241 e. The highest BCUT2D eigenvalue weighted by Crippen LogP contribution is 2.31. The minimum atomic E-state index is -4.34. The second kappa shape index (κ2) is 4.76. The first-order valence-corrected chi connectivity index (χ1v) is 5.50. The number of hydrogen-bond donors (Lipinski definition) is 0. The predicted molar refractivity (Wildman–Crippen MR) is 61.8 cm³/mol. The third-order valence-corrected chi connectivity index (χ3v) is 2.51. The van der Waals surface area contributed by atoms with E-state index in [4.69, 9.17) is 0 Å². The Bertz CT molecular complexity index is 550. The second-order valence-electron chi connectivity index (χ2n) is 3.79. The molecule has 94 valence electrons. The highest BCUT2D eigenvalue weighted by atomic mass is 19.4. The quantitative estimate of drug-likeness (QED) is 0.814. The normalized spacial score (nSPS) is 11.6. The van der Waals surface area contributed by atoms with Gasteiger partial charge in [0.05, 0.1) is 11.3 Å². The van der Waals surface area contributed by atoms with Crippen LogP contribution in [0.2, 0.25) is 0 Å². The van der Waals surface area contributed by atoms with Crippen molar-refractivity contribution in [2.24, 2.45) is 0 Å². The van der Waals surface area contributed by atoms with Crippen molar-refractivity contribution in [3.8, 4) is 11.3 Å². The highest BCUT2D eigenvalue weighted by molar-refractivity contribution is 5.59. The summed E-state index contributed by atoms with van der Waals surface area (Å²) < 4.78 is 37.8. The predicted octanol–water partition coefficient (Wildman–Crippen LogP) is 3.72. The Morgan fingerprint density at radius 2 is 1.94 bits per heavy atom. The van der Waals surface area contributed by atoms with E-state index in [0.717, 1.165) is 12.1 Å². The second-order valence-corrected chi connectivity index (χ2v) is 3.79. The summed E-state index contributed by atoms with van der Waals surface area (Å²) >= 11 is 0. The molecule has 1 aromatic carbocycles. The summed E-state index contributed by atoms with van der Waals surface area (Å²) in [5.41, 5.74) is 0.284. The molecule has 0 aliphatic heterocycles. The number of aromatic nitrogens is 2. The van der Waals surface area contributed by atoms with Crippen LogP contribution < -0.4 is 0 Å². The molecule has 0 spiro atoms. The fraction of sp³-hybridized carbons (Fsp3) is 0.231. The lowest BCUT2D eigenvalue weighted by molar-refractivity contribution is -0.137. The van der Waals surface area contributed by atoms with Crippen LogP contribution in [-0.4, -0.2) is 9.97 Å². The number of halogens is 3. The topological polar surface area (TPSA) is 25.8 Å². The van der Waals surface area contributed by atoms with Crippen LogP contribution in [0.25, 0.3) is 11.3 Å². The van der Waals surface area contributed by atoms with Crippen molar-refractivity contribution in [3.05, 3.63) is 47.9 Å². The third kappa shape index (κ3) is 2.67. The molecule has 0 atom stereocenters. The maximum absolute atomic E-state index is 12.6. The fourth-order valence-electron chi connectivity index (χ4n) is 1.59. The largest absolute Gasteiger partial charge is 0.416 e. The first-order valence-electron chi connectivity index (χ1n) is 5.50. The molecule has 0 radical (unpaired) electrons. The summed E-state index contributed by atoms with van der Waals surface area (Å²) in [4.78, 5) is 8.23. The summed E-state index contributed by atoms with van der Waals surface area (Å²) in [6.07, 6.45) is -2.13. The molecule has 2 rings (SSSR count). The van der Waals surface area contributed by atoms with Gasteiger partial charge in [-0.3, -0.25) is 0 Å². The van der Waals surface area contributed by atoms with E-state index < -0.39 is 11.7 Å². The number of nitrogens with zero attached hydrogens (tertiary/aromatic N) is 2. The Morgan fingerprint density at radius 1 is 1.17 bits per heavy atom. The zero-order valence-electron chi connectivity index (χ0n) is 9.70. The van der Waals surface area contributed by atoms with E-state index >= 15 is 0 Å². The van der Waals surface area contributed by atoms with Crippen LogP contribution in [0.15, 0.2) is 36.5 Å². The van der Waals surface area contributed by atoms with Crippen molar-refractivity contribution >= 4 is 0 Å². The summed E-state index contributed by atoms with van der Waals surface area (Å²) in [6, 6.07) is 6.74. The Balaban J connectivity index is 2.44. The molecule has 2 nitrogen and oxygen atoms in total. The molecule has 2 aromatic rings. The molecular formula is C13H11F3N2. The lowest BCUT2D eigenvalue weighted by Gasteiger charge is -2.08. The molecule has 0 fully saturated rings. The molecule has 0 unspecified atom stereocenters. The van der Waals surface area contributed by atoms with Crippen LogP contribution in [0.3, 0.4) is 0 Å². The van der Waals surface area contributed by atoms with Gasteiger partial charge >= 0.3 is 6.18 Å². The minimum absolute atomic E-state index is 0.446. The van der Waals surface area contributed by atoms with E-state index in [0.29, 0.717) is 23.5 Å². The van der Waals surface area contributed by atoms with Crippen molar-refractivity contribution in [2.75, 3.05) is 0 Å². The Hall–Kier alpha value is -1.91. The van der Waals surface area contributed by atoms with E-state index in [9.17, 15) is 13.2 Å². The molecule has 0 aliphatic rings. The molecule has 1 aromatic heterocycles. The van der Waals surface area contributed by atoms with Crippen molar-refractivity contribution in [3.63, 3.8) is 0 Å². The Morgan fingerprint density at radius 3 is 2.61 bits per heavy atom. The molecule has 0 saturated carbocycles. The first kappa shape index (κ1) is 12.5. The van der Waals surface area contributed by atoms with Crippen molar-refractivity contribution in [2.45, 2.75) is 19.5 Å². The van der Waals surface area contributed by atoms with Crippen LogP contribution in [-0.2, 0) is 12.6 Å². The smallest absolute Gasteiger partial charge is 0.241 e. The van der Waals surface area contributed by atoms with Crippen LogP contribution in [0, 0.1) is 0 Å². The zero-order chi connectivity index (χ0) is 13.2. The molecule has 1 heterocycles. The lowest BCUT2D eigenvalue weighted by atomic mass is 10.1. The summed E-state index contributed by atoms with van der Waals surface area (Å²) in [5.74, 6) is 0.616. The molecule has 0 bridgehead atoms. The van der Waals surface area contributed by atoms with Crippen molar-refractivity contribution < 1.29 is 13.2 Å². The van der Waals surface area contributed by atoms with Gasteiger partial charge in [-0.1, -0.05) is 19.1 Å². The van der Waals surface area contributed by atoms with E-state index in [1.54, 1.807) is 18.3 Å². The van der Waals surface area contributed by atoms with Crippen molar-refractivity contribution in [1.82, 2.24) is 9.97 Å². The molecular weight excluding hydrogens is 241 g/mol. The van der Waals surface area contributed by atoms with E-state index in [1.807, 2.05) is 6.92 Å². The van der Waals surface area contributed by atoms with Gasteiger partial charge in [0.25, 0.3) is 0 Å². The van der Waals surface area contributed by atoms with Gasteiger partial charge in [0.1, 0.15) is 5.82 Å². The number of benzene rings is 1. The standard InChI is InChI=1S/C13H11F3N2/c1-2-12-17-7-6-11(18-12)9-4-3-5-10(8-9)13(14,15)16/h3-8H,2H2,1H3. The molecule has 0 saturated heterocycles. The first-order chi connectivity index (χ1) is 8.50. The van der Waals surface area contributed by atoms with Gasteiger partial charge < -0.3 is 0 Å². The Kier molecular flexibility index (Phi) is 3.32. The molecule has 0 aliphatic carbocycles. The van der Waals surface area contributed by atoms with Gasteiger partial charge in [-0.15, -0.1) is 0 Å². The van der Waals surface area contributed by atoms with Crippen LogP contribution >= 0.6 is 0 Å². The summed E-state index contributed by atoms with van der Waals surface area (Å²) in [5, 5.41) is 0. The zero-order valence-corrected chi connectivity index (χ0v) is 9.70. The van der Waals surface area contributed by atoms with E-state index in [-0.39, 0.29) is 0 Å². The van der Waals surface area contributed by atoms with E-state index in [2.05, 4.69) is 9.97 Å². The van der Waals surface area contributed by atoms with Gasteiger partial charge in [0, 0.05) is 18.2 Å². The lowest BCUT2D eigenvalue weighted by Crippen LogP contribution is -2.04. The molecule has 18 heavy (non-hydrogen) atoms. The molecule has 5 heteroatoms. The van der Waals surface area contributed by atoms with Crippen LogP contribution in [0.5, 0.6) is 0 Å². The number of alkyl halides is 3. The number of rotatable bonds is 2. The monoisotopic (exact) mass is 252 g/mol. The van der Waals surface area contributed by atoms with Gasteiger partial charge in [0.2, 0.25) is 0 Å². The summed E-state index contributed by atoms with van der Waals surface area (Å²) in [7, 11) is 0. The average Bonchev–Trinajstić information content (AvgIpc) is 2.38.